The van der Waals surface area contributed by atoms with Crippen molar-refractivity contribution in [2.45, 2.75) is 39.0 Å². The van der Waals surface area contributed by atoms with Crippen LogP contribution in [0.5, 0.6) is 11.8 Å². The first kappa shape index (κ1) is 26.2. The highest BCUT2D eigenvalue weighted by atomic mass is 16.6. The van der Waals surface area contributed by atoms with E-state index in [1.165, 1.54) is 0 Å². The minimum absolute atomic E-state index is 0.126. The van der Waals surface area contributed by atoms with Gasteiger partial charge in [-0.15, -0.1) is 0 Å². The second-order valence-electron chi connectivity index (χ2n) is 10.4. The molecule has 3 aromatic heterocycles. The monoisotopic (exact) mass is 528 g/mol. The molecule has 0 spiro atoms. The molecular weight excluding hydrogens is 496 g/mol. The summed E-state index contributed by atoms with van der Waals surface area (Å²) in [6.07, 6.45) is 2.48. The second-order valence-corrected chi connectivity index (χ2v) is 10.4. The summed E-state index contributed by atoms with van der Waals surface area (Å²) in [5, 5.41) is 7.39. The number of nitrogens with zero attached hydrogens (tertiary/aromatic N) is 5. The molecule has 0 aliphatic carbocycles. The quantitative estimate of drug-likeness (QED) is 0.363. The van der Waals surface area contributed by atoms with Gasteiger partial charge in [-0.05, 0) is 57.6 Å². The van der Waals surface area contributed by atoms with Gasteiger partial charge in [0.05, 0.1) is 13.3 Å². The number of carbonyl (C=O) groups is 1. The molecule has 0 saturated heterocycles. The Labute approximate surface area is 227 Å². The van der Waals surface area contributed by atoms with Crippen LogP contribution in [0.4, 0.5) is 16.4 Å². The topological polar surface area (TPSA) is 104 Å². The molecule has 4 heterocycles. The van der Waals surface area contributed by atoms with Crippen molar-refractivity contribution in [3.05, 3.63) is 78.1 Å². The molecule has 202 valence electrons. The SMILES string of the molecule is COc1nc(Nc2ccc3c(n2)OC(c2ccccc2)CN(C)C3)ccc1-c1cnn(C(=O)OC(C)(C)C)c1. The number of benzene rings is 1. The smallest absolute Gasteiger partial charge is 0.435 e. The molecule has 10 heteroatoms. The molecule has 1 aliphatic heterocycles. The van der Waals surface area contributed by atoms with Gasteiger partial charge in [0.2, 0.25) is 11.8 Å². The van der Waals surface area contributed by atoms with Gasteiger partial charge in [-0.2, -0.15) is 19.7 Å². The van der Waals surface area contributed by atoms with Gasteiger partial charge in [0, 0.05) is 36.0 Å². The van der Waals surface area contributed by atoms with E-state index in [0.717, 1.165) is 28.9 Å². The first-order valence-electron chi connectivity index (χ1n) is 12.7. The highest BCUT2D eigenvalue weighted by Crippen LogP contribution is 2.33. The van der Waals surface area contributed by atoms with Crippen molar-refractivity contribution in [2.24, 2.45) is 0 Å². The van der Waals surface area contributed by atoms with Crippen LogP contribution in [0.1, 0.15) is 38.0 Å². The summed E-state index contributed by atoms with van der Waals surface area (Å²) in [6.45, 7) is 6.91. The van der Waals surface area contributed by atoms with Gasteiger partial charge < -0.3 is 19.5 Å². The fourth-order valence-corrected chi connectivity index (χ4v) is 4.30. The van der Waals surface area contributed by atoms with Gasteiger partial charge >= 0.3 is 6.09 Å². The van der Waals surface area contributed by atoms with Crippen molar-refractivity contribution < 1.29 is 19.0 Å². The van der Waals surface area contributed by atoms with E-state index in [1.807, 2.05) is 42.5 Å². The third-order valence-electron chi connectivity index (χ3n) is 6.07. The molecule has 0 bridgehead atoms. The third-order valence-corrected chi connectivity index (χ3v) is 6.07. The Morgan fingerprint density at radius 3 is 2.54 bits per heavy atom. The number of fused-ring (bicyclic) bond motifs is 1. The molecule has 4 aromatic rings. The standard InChI is InChI=1S/C29H32N6O4/c1-29(2,3)39-28(36)35-17-21(15-30-35)22-12-14-25(33-27(22)37-5)31-24-13-11-20-16-34(4)18-23(38-26(20)32-24)19-9-7-6-8-10-19/h6-15,17,23H,16,18H2,1-5H3,(H,31,32,33). The van der Waals surface area contributed by atoms with E-state index in [0.29, 0.717) is 34.5 Å². The summed E-state index contributed by atoms with van der Waals surface area (Å²) < 4.78 is 18.5. The van der Waals surface area contributed by atoms with Crippen molar-refractivity contribution in [3.63, 3.8) is 0 Å². The number of nitrogens with one attached hydrogen (secondary N) is 1. The Morgan fingerprint density at radius 2 is 1.79 bits per heavy atom. The normalized spacial score (nSPS) is 15.6. The van der Waals surface area contributed by atoms with Crippen LogP contribution in [0, 0.1) is 0 Å². The van der Waals surface area contributed by atoms with Gasteiger partial charge in [-0.3, -0.25) is 4.90 Å². The van der Waals surface area contributed by atoms with Crippen molar-refractivity contribution >= 4 is 17.7 Å². The van der Waals surface area contributed by atoms with Gasteiger partial charge in [0.15, 0.2) is 0 Å². The average molecular weight is 529 g/mol. The molecule has 0 radical (unpaired) electrons. The maximum atomic E-state index is 12.4. The van der Waals surface area contributed by atoms with Crippen LogP contribution in [-0.4, -0.2) is 57.0 Å². The molecule has 1 aromatic carbocycles. The van der Waals surface area contributed by atoms with E-state index in [9.17, 15) is 4.79 Å². The minimum Gasteiger partial charge on any atom is -0.480 e. The van der Waals surface area contributed by atoms with E-state index in [-0.39, 0.29) is 6.10 Å². The number of pyridine rings is 2. The van der Waals surface area contributed by atoms with E-state index in [1.54, 1.807) is 40.3 Å². The van der Waals surface area contributed by atoms with Crippen LogP contribution < -0.4 is 14.8 Å². The Hall–Kier alpha value is -4.44. The molecule has 0 saturated carbocycles. The van der Waals surface area contributed by atoms with E-state index >= 15 is 0 Å². The van der Waals surface area contributed by atoms with Crippen LogP contribution in [0.2, 0.25) is 0 Å². The molecule has 39 heavy (non-hydrogen) atoms. The molecule has 1 atom stereocenters. The van der Waals surface area contributed by atoms with Crippen molar-refractivity contribution in [2.75, 3.05) is 26.0 Å². The minimum atomic E-state index is -0.622. The van der Waals surface area contributed by atoms with Gasteiger partial charge in [0.1, 0.15) is 23.3 Å². The first-order valence-corrected chi connectivity index (χ1v) is 12.7. The lowest BCUT2D eigenvalue weighted by molar-refractivity contribution is 0.0514. The highest BCUT2D eigenvalue weighted by Gasteiger charge is 2.24. The van der Waals surface area contributed by atoms with Crippen molar-refractivity contribution in [1.82, 2.24) is 24.6 Å². The number of carbonyl (C=O) groups excluding carboxylic acids is 1. The van der Waals surface area contributed by atoms with E-state index < -0.39 is 11.7 Å². The highest BCUT2D eigenvalue weighted by molar-refractivity contribution is 5.75. The van der Waals surface area contributed by atoms with E-state index in [4.69, 9.17) is 19.2 Å². The Morgan fingerprint density at radius 1 is 1.05 bits per heavy atom. The van der Waals surface area contributed by atoms with Gasteiger partial charge in [0.25, 0.3) is 0 Å². The van der Waals surface area contributed by atoms with Gasteiger partial charge in [-0.1, -0.05) is 30.3 Å². The zero-order valence-corrected chi connectivity index (χ0v) is 22.7. The van der Waals surface area contributed by atoms with Crippen LogP contribution in [0.15, 0.2) is 67.0 Å². The Balaban J connectivity index is 1.36. The average Bonchev–Trinajstić information content (AvgIpc) is 3.33. The third kappa shape index (κ3) is 6.18. The predicted molar refractivity (Wildman–Crippen MR) is 147 cm³/mol. The van der Waals surface area contributed by atoms with E-state index in [2.05, 4.69) is 39.5 Å². The molecule has 1 unspecified atom stereocenters. The van der Waals surface area contributed by atoms with Crippen molar-refractivity contribution in [3.8, 4) is 22.9 Å². The number of ether oxygens (including phenoxy) is 3. The lowest BCUT2D eigenvalue weighted by atomic mass is 10.1. The number of hydrogen-bond acceptors (Lipinski definition) is 9. The Kier molecular flexibility index (Phi) is 7.21. The van der Waals surface area contributed by atoms with Crippen LogP contribution >= 0.6 is 0 Å². The number of rotatable bonds is 5. The summed E-state index contributed by atoms with van der Waals surface area (Å²) in [7, 11) is 3.62. The summed E-state index contributed by atoms with van der Waals surface area (Å²) >= 11 is 0. The zero-order chi connectivity index (χ0) is 27.6. The molecule has 10 nitrogen and oxygen atoms in total. The maximum absolute atomic E-state index is 12.4. The number of likely N-dealkylation sites (N-methyl/N-ethyl adjacent to an activating group) is 1. The summed E-state index contributed by atoms with van der Waals surface area (Å²) in [4.78, 5) is 24.0. The lowest BCUT2D eigenvalue weighted by Gasteiger charge is -2.20. The predicted octanol–water partition coefficient (Wildman–Crippen LogP) is 5.44. The fourth-order valence-electron chi connectivity index (χ4n) is 4.30. The van der Waals surface area contributed by atoms with Crippen LogP contribution in [-0.2, 0) is 11.3 Å². The summed E-state index contributed by atoms with van der Waals surface area (Å²) in [5.41, 5.74) is 2.86. The lowest BCUT2D eigenvalue weighted by Crippen LogP contribution is -2.27. The van der Waals surface area contributed by atoms with Gasteiger partial charge in [-0.25, -0.2) is 4.79 Å². The number of aromatic nitrogens is 4. The second kappa shape index (κ2) is 10.7. The fraction of sp³-hybridized carbons (Fsp3) is 0.310. The molecular formula is C29H32N6O4. The molecule has 1 aliphatic rings. The summed E-state index contributed by atoms with van der Waals surface area (Å²) in [6, 6.07) is 17.8. The first-order chi connectivity index (χ1) is 18.7. The summed E-state index contributed by atoms with van der Waals surface area (Å²) in [5.74, 6) is 2.12. The molecule has 5 rings (SSSR count). The molecule has 1 N–H and O–H groups in total. The number of anilines is 2. The molecule has 0 amide bonds. The maximum Gasteiger partial charge on any atom is 0.435 e. The molecule has 0 fully saturated rings. The Bertz CT molecular complexity index is 1460. The number of methoxy groups -OCH3 is 1. The largest absolute Gasteiger partial charge is 0.480 e. The number of hydrogen-bond donors (Lipinski definition) is 1. The van der Waals surface area contributed by atoms with Crippen LogP contribution in [0.25, 0.3) is 11.1 Å². The van der Waals surface area contributed by atoms with Crippen molar-refractivity contribution in [1.29, 1.82) is 0 Å². The van der Waals surface area contributed by atoms with Crippen LogP contribution in [0.3, 0.4) is 0 Å². The zero-order valence-electron chi connectivity index (χ0n) is 22.7.